The summed E-state index contributed by atoms with van der Waals surface area (Å²) in [6.07, 6.45) is 4.55. The summed E-state index contributed by atoms with van der Waals surface area (Å²) < 4.78 is 20.2. The number of carbonyl (C=O) groups is 1. The van der Waals surface area contributed by atoms with Gasteiger partial charge >= 0.3 is 0 Å². The number of hydrogen-bond donors (Lipinski definition) is 1. The maximum atomic E-state index is 13.6. The number of nitrogens with one attached hydrogen (secondary N) is 1. The number of rotatable bonds is 7. The molecular weight excluding hydrogens is 472 g/mol. The molecule has 1 saturated heterocycles. The normalized spacial score (nSPS) is 16.9. The third-order valence-corrected chi connectivity index (χ3v) is 7.10. The predicted molar refractivity (Wildman–Crippen MR) is 139 cm³/mol. The Labute approximate surface area is 216 Å². The van der Waals surface area contributed by atoms with Crippen LogP contribution in [0.4, 0.5) is 5.69 Å². The molecule has 0 atom stereocenters. The second-order valence-corrected chi connectivity index (χ2v) is 10.8. The van der Waals surface area contributed by atoms with Crippen LogP contribution < -0.4 is 20.0 Å². The number of ether oxygens (including phenoxy) is 3. The molecule has 0 spiro atoms. The molecule has 1 aromatic carbocycles. The number of Topliss-reactive ketones (excluding diaryl/α,β-unsaturated/α-hetero) is 1. The Kier molecular flexibility index (Phi) is 6.94. The van der Waals surface area contributed by atoms with Crippen LogP contribution in [0.5, 0.6) is 11.6 Å². The van der Waals surface area contributed by atoms with Crippen molar-refractivity contribution >= 4 is 17.1 Å². The number of nitrogens with zero attached hydrogens (tertiary/aromatic N) is 5. The summed E-state index contributed by atoms with van der Waals surface area (Å²) in [6, 6.07) is 7.36. The van der Waals surface area contributed by atoms with E-state index in [1.807, 2.05) is 12.1 Å². The van der Waals surface area contributed by atoms with Gasteiger partial charge in [0.1, 0.15) is 18.4 Å². The molecule has 0 amide bonds. The van der Waals surface area contributed by atoms with E-state index in [1.54, 1.807) is 19.2 Å². The summed E-state index contributed by atoms with van der Waals surface area (Å²) in [5.41, 5.74) is 2.70. The van der Waals surface area contributed by atoms with Gasteiger partial charge in [-0.1, -0.05) is 20.8 Å². The average molecular weight is 509 g/mol. The number of morpholine rings is 1. The summed E-state index contributed by atoms with van der Waals surface area (Å²) in [6.45, 7) is 8.97. The summed E-state index contributed by atoms with van der Waals surface area (Å²) >= 11 is 0. The first kappa shape index (κ1) is 25.3. The number of benzene rings is 1. The van der Waals surface area contributed by atoms with Gasteiger partial charge in [0, 0.05) is 30.3 Å². The third-order valence-electron chi connectivity index (χ3n) is 7.10. The van der Waals surface area contributed by atoms with Crippen molar-refractivity contribution in [2.45, 2.75) is 64.5 Å². The van der Waals surface area contributed by atoms with Gasteiger partial charge in [-0.2, -0.15) is 4.52 Å². The van der Waals surface area contributed by atoms with Crippen LogP contribution >= 0.6 is 0 Å². The van der Waals surface area contributed by atoms with Crippen molar-refractivity contribution in [3.63, 3.8) is 0 Å². The van der Waals surface area contributed by atoms with E-state index in [1.165, 1.54) is 22.0 Å². The highest BCUT2D eigenvalue weighted by Crippen LogP contribution is 2.40. The van der Waals surface area contributed by atoms with Gasteiger partial charge in [-0.05, 0) is 49.3 Å². The maximum Gasteiger partial charge on any atom is 0.242 e. The van der Waals surface area contributed by atoms with E-state index in [0.29, 0.717) is 30.3 Å². The topological polar surface area (TPSA) is 107 Å². The van der Waals surface area contributed by atoms with Crippen LogP contribution in [0.1, 0.15) is 62.4 Å². The van der Waals surface area contributed by atoms with Crippen molar-refractivity contribution in [2.75, 3.05) is 38.3 Å². The van der Waals surface area contributed by atoms with Crippen LogP contribution in [0.3, 0.4) is 0 Å². The lowest BCUT2D eigenvalue weighted by Crippen LogP contribution is -2.37. The van der Waals surface area contributed by atoms with Crippen molar-refractivity contribution in [1.82, 2.24) is 19.4 Å². The number of hydrogen-bond acceptors (Lipinski definition) is 8. The monoisotopic (exact) mass is 508 g/mol. The molecular formula is C27H36N6O4. The third kappa shape index (κ3) is 5.20. The molecule has 37 heavy (non-hydrogen) atoms. The lowest BCUT2D eigenvalue weighted by Gasteiger charge is -2.33. The molecule has 5 rings (SSSR count). The van der Waals surface area contributed by atoms with Crippen molar-refractivity contribution in [3.05, 3.63) is 41.0 Å². The fourth-order valence-corrected chi connectivity index (χ4v) is 5.07. The zero-order valence-corrected chi connectivity index (χ0v) is 22.1. The van der Waals surface area contributed by atoms with E-state index in [-0.39, 0.29) is 29.5 Å². The average Bonchev–Trinajstić information content (AvgIpc) is 3.51. The van der Waals surface area contributed by atoms with Crippen LogP contribution in [0, 0.1) is 5.41 Å². The van der Waals surface area contributed by atoms with Gasteiger partial charge in [0.25, 0.3) is 0 Å². The minimum atomic E-state index is -0.237. The lowest BCUT2D eigenvalue weighted by molar-refractivity contribution is 0.0965. The zero-order valence-electron chi connectivity index (χ0n) is 22.1. The van der Waals surface area contributed by atoms with Crippen LogP contribution in [0.15, 0.2) is 24.3 Å². The van der Waals surface area contributed by atoms with Crippen molar-refractivity contribution < 1.29 is 19.0 Å². The maximum absolute atomic E-state index is 13.6. The van der Waals surface area contributed by atoms with Gasteiger partial charge < -0.3 is 19.1 Å². The number of aromatic nitrogens is 4. The standard InChI is InChI=1S/C27H36N6O4/c1-27(2,3)20-15-18(16-21(25(20)35-4)31-11-13-36-14-12-31)22(34)17-32-26(28)33-23(29-32)9-10-24(30-33)37-19-7-5-6-8-19/h9-10,15-16,19,28H,5-8,11-14,17H2,1-4H3. The molecule has 2 aliphatic rings. The second kappa shape index (κ2) is 10.2. The largest absolute Gasteiger partial charge is 0.494 e. The molecule has 10 heteroatoms. The Morgan fingerprint density at radius 2 is 1.86 bits per heavy atom. The predicted octanol–water partition coefficient (Wildman–Crippen LogP) is 3.36. The molecule has 3 heterocycles. The Balaban J connectivity index is 1.46. The number of fused-ring (bicyclic) bond motifs is 1. The van der Waals surface area contributed by atoms with Gasteiger partial charge in [0.2, 0.25) is 11.5 Å². The van der Waals surface area contributed by atoms with E-state index in [0.717, 1.165) is 42.9 Å². The van der Waals surface area contributed by atoms with E-state index >= 15 is 0 Å². The number of anilines is 1. The van der Waals surface area contributed by atoms with E-state index in [4.69, 9.17) is 19.6 Å². The van der Waals surface area contributed by atoms with Gasteiger partial charge in [-0.15, -0.1) is 10.2 Å². The molecule has 0 unspecified atom stereocenters. The highest BCUT2D eigenvalue weighted by Gasteiger charge is 2.27. The van der Waals surface area contributed by atoms with Crippen LogP contribution in [-0.4, -0.2) is 64.7 Å². The minimum Gasteiger partial charge on any atom is -0.494 e. The highest BCUT2D eigenvalue weighted by molar-refractivity contribution is 5.97. The highest BCUT2D eigenvalue weighted by atomic mass is 16.5. The molecule has 2 aromatic heterocycles. The molecule has 3 aromatic rings. The summed E-state index contributed by atoms with van der Waals surface area (Å²) in [5.74, 6) is 1.13. The molecule has 198 valence electrons. The van der Waals surface area contributed by atoms with Crippen molar-refractivity contribution in [3.8, 4) is 11.6 Å². The van der Waals surface area contributed by atoms with Crippen molar-refractivity contribution in [2.24, 2.45) is 0 Å². The Bertz CT molecular complexity index is 1340. The fourth-order valence-electron chi connectivity index (χ4n) is 5.07. The van der Waals surface area contributed by atoms with Gasteiger partial charge in [-0.3, -0.25) is 10.2 Å². The fraction of sp³-hybridized carbons (Fsp3) is 0.556. The Morgan fingerprint density at radius 1 is 1.14 bits per heavy atom. The lowest BCUT2D eigenvalue weighted by atomic mass is 9.84. The number of carbonyl (C=O) groups excluding carboxylic acids is 1. The molecule has 1 aliphatic heterocycles. The van der Waals surface area contributed by atoms with Crippen molar-refractivity contribution in [1.29, 1.82) is 5.41 Å². The molecule has 0 radical (unpaired) electrons. The van der Waals surface area contributed by atoms with Gasteiger partial charge in [-0.25, -0.2) is 4.68 Å². The number of methoxy groups -OCH3 is 1. The smallest absolute Gasteiger partial charge is 0.242 e. The Hall–Kier alpha value is -3.40. The first-order chi connectivity index (χ1) is 17.7. The molecule has 10 nitrogen and oxygen atoms in total. The van der Waals surface area contributed by atoms with Crippen LogP contribution in [0.2, 0.25) is 0 Å². The van der Waals surface area contributed by atoms with E-state index in [2.05, 4.69) is 35.9 Å². The number of ketones is 1. The quantitative estimate of drug-likeness (QED) is 0.488. The zero-order chi connectivity index (χ0) is 26.2. The summed E-state index contributed by atoms with van der Waals surface area (Å²) in [7, 11) is 1.67. The van der Waals surface area contributed by atoms with Crippen LogP contribution in [-0.2, 0) is 16.7 Å². The second-order valence-electron chi connectivity index (χ2n) is 10.8. The summed E-state index contributed by atoms with van der Waals surface area (Å²) in [4.78, 5) is 15.8. The first-order valence-electron chi connectivity index (χ1n) is 13.0. The molecule has 2 fully saturated rings. The minimum absolute atomic E-state index is 0.0261. The first-order valence-corrected chi connectivity index (χ1v) is 13.0. The molecule has 1 N–H and O–H groups in total. The van der Waals surface area contributed by atoms with Gasteiger partial charge in [0.05, 0.1) is 26.0 Å². The van der Waals surface area contributed by atoms with E-state index < -0.39 is 0 Å². The summed E-state index contributed by atoms with van der Waals surface area (Å²) in [5, 5.41) is 17.5. The van der Waals surface area contributed by atoms with Gasteiger partial charge in [0.15, 0.2) is 11.4 Å². The molecule has 1 saturated carbocycles. The van der Waals surface area contributed by atoms with Crippen LogP contribution in [0.25, 0.3) is 5.65 Å². The van der Waals surface area contributed by atoms with E-state index in [9.17, 15) is 4.79 Å². The SMILES string of the molecule is COc1c(N2CCOCC2)cc(C(=O)Cn2nc3ccc(OC4CCCC4)nn3c2=N)cc1C(C)(C)C. The molecule has 1 aliphatic carbocycles. The Morgan fingerprint density at radius 3 is 2.54 bits per heavy atom. The molecule has 0 bridgehead atoms.